The maximum atomic E-state index is 12.6. The van der Waals surface area contributed by atoms with Crippen LogP contribution in [0.15, 0.2) is 12.1 Å². The van der Waals surface area contributed by atoms with Gasteiger partial charge in [0, 0.05) is 5.56 Å². The van der Waals surface area contributed by atoms with Gasteiger partial charge in [0.05, 0.1) is 33.2 Å². The number of carboxylic acids is 1. The molecule has 0 aromatic heterocycles. The molecule has 3 N–H and O–H groups in total. The molecule has 28 heavy (non-hydrogen) atoms. The Kier molecular flexibility index (Phi) is 5.62. The number of benzene rings is 1. The molecule has 0 saturated heterocycles. The monoisotopic (exact) mass is 392 g/mol. The van der Waals surface area contributed by atoms with Gasteiger partial charge in [0.2, 0.25) is 11.7 Å². The third-order valence-corrected chi connectivity index (χ3v) is 5.73. The summed E-state index contributed by atoms with van der Waals surface area (Å²) < 4.78 is 15.6. The standard InChI is InChI=1S/C19H24N2O7/c1-26-12-7-11(8-13(27-2)16(12)28-3)17(22)20-21-18(23)14-9-4-5-10(6-9)15(14)19(24)25/h7-10,14-15H,4-6H2,1-3H3,(H,20,22)(H,21,23)(H,24,25)/t9-,10-,14-,15+/m0/s1. The van der Waals surface area contributed by atoms with E-state index in [1.165, 1.54) is 33.5 Å². The highest BCUT2D eigenvalue weighted by Crippen LogP contribution is 2.52. The topological polar surface area (TPSA) is 123 Å². The number of hydrogen-bond acceptors (Lipinski definition) is 6. The molecule has 2 amide bonds. The van der Waals surface area contributed by atoms with E-state index in [9.17, 15) is 19.5 Å². The maximum absolute atomic E-state index is 12.6. The van der Waals surface area contributed by atoms with Gasteiger partial charge >= 0.3 is 5.97 Å². The lowest BCUT2D eigenvalue weighted by molar-refractivity contribution is -0.149. The van der Waals surface area contributed by atoms with Crippen LogP contribution >= 0.6 is 0 Å². The Morgan fingerprint density at radius 2 is 1.50 bits per heavy atom. The Labute approximate surface area is 162 Å². The highest BCUT2D eigenvalue weighted by Gasteiger charge is 2.54. The van der Waals surface area contributed by atoms with E-state index in [-0.39, 0.29) is 17.4 Å². The number of hydrazine groups is 1. The molecule has 0 heterocycles. The SMILES string of the molecule is COc1cc(C(=O)NNC(=O)[C@H]2[C@H]3CC[C@@H](C3)[C@H]2C(=O)O)cc(OC)c1OC. The fourth-order valence-electron chi connectivity index (χ4n) is 4.51. The number of carboxylic acid groups (broad SMARTS) is 1. The van der Waals surface area contributed by atoms with Crippen molar-refractivity contribution < 1.29 is 33.7 Å². The maximum Gasteiger partial charge on any atom is 0.307 e. The number of aliphatic carboxylic acids is 1. The summed E-state index contributed by atoms with van der Waals surface area (Å²) >= 11 is 0. The van der Waals surface area contributed by atoms with Crippen LogP contribution in [0, 0.1) is 23.7 Å². The molecule has 2 bridgehead atoms. The number of hydrogen-bond donors (Lipinski definition) is 3. The van der Waals surface area contributed by atoms with Gasteiger partial charge in [-0.1, -0.05) is 0 Å². The number of amides is 2. The summed E-state index contributed by atoms with van der Waals surface area (Å²) in [6.07, 6.45) is 2.42. The lowest BCUT2D eigenvalue weighted by Gasteiger charge is -2.27. The number of rotatable bonds is 6. The van der Waals surface area contributed by atoms with Crippen LogP contribution in [-0.2, 0) is 9.59 Å². The Morgan fingerprint density at radius 3 is 2.00 bits per heavy atom. The molecule has 9 heteroatoms. The van der Waals surface area contributed by atoms with Gasteiger partial charge in [-0.3, -0.25) is 25.2 Å². The summed E-state index contributed by atoms with van der Waals surface area (Å²) in [6, 6.07) is 2.92. The van der Waals surface area contributed by atoms with Crippen molar-refractivity contribution in [2.75, 3.05) is 21.3 Å². The van der Waals surface area contributed by atoms with E-state index in [2.05, 4.69) is 10.9 Å². The van der Waals surface area contributed by atoms with Crippen molar-refractivity contribution in [3.05, 3.63) is 17.7 Å². The van der Waals surface area contributed by atoms with E-state index >= 15 is 0 Å². The predicted molar refractivity (Wildman–Crippen MR) is 97.2 cm³/mol. The van der Waals surface area contributed by atoms with E-state index in [0.29, 0.717) is 17.2 Å². The molecule has 2 aliphatic carbocycles. The van der Waals surface area contributed by atoms with Crippen LogP contribution in [0.5, 0.6) is 17.2 Å². The van der Waals surface area contributed by atoms with Gasteiger partial charge in [-0.15, -0.1) is 0 Å². The highest BCUT2D eigenvalue weighted by molar-refractivity contribution is 5.97. The second-order valence-electron chi connectivity index (χ2n) is 7.08. The van der Waals surface area contributed by atoms with Crippen molar-refractivity contribution in [3.8, 4) is 17.2 Å². The number of nitrogens with one attached hydrogen (secondary N) is 2. The molecule has 2 fully saturated rings. The summed E-state index contributed by atoms with van der Waals surface area (Å²) in [4.78, 5) is 36.6. The van der Waals surface area contributed by atoms with Gasteiger partial charge in [-0.05, 0) is 43.2 Å². The fourth-order valence-corrected chi connectivity index (χ4v) is 4.51. The number of fused-ring (bicyclic) bond motifs is 2. The van der Waals surface area contributed by atoms with E-state index in [1.807, 2.05) is 0 Å². The molecule has 152 valence electrons. The first-order chi connectivity index (χ1) is 13.4. The first kappa shape index (κ1) is 19.8. The van der Waals surface area contributed by atoms with Crippen molar-refractivity contribution >= 4 is 17.8 Å². The summed E-state index contributed by atoms with van der Waals surface area (Å²) in [6.45, 7) is 0. The summed E-state index contributed by atoms with van der Waals surface area (Å²) in [5.74, 6) is -2.31. The Hall–Kier alpha value is -2.97. The second kappa shape index (κ2) is 7.95. The van der Waals surface area contributed by atoms with Crippen LogP contribution in [-0.4, -0.2) is 44.2 Å². The lowest BCUT2D eigenvalue weighted by Crippen LogP contribution is -2.48. The number of carbonyl (C=O) groups is 3. The minimum atomic E-state index is -0.955. The fraction of sp³-hybridized carbons (Fsp3) is 0.526. The molecule has 0 spiro atoms. The van der Waals surface area contributed by atoms with Gasteiger partial charge in [0.15, 0.2) is 11.5 Å². The molecule has 1 aromatic rings. The predicted octanol–water partition coefficient (Wildman–Crippen LogP) is 1.22. The van der Waals surface area contributed by atoms with Crippen LogP contribution in [0.3, 0.4) is 0 Å². The van der Waals surface area contributed by atoms with Crippen LogP contribution < -0.4 is 25.1 Å². The van der Waals surface area contributed by atoms with E-state index in [0.717, 1.165) is 19.3 Å². The summed E-state index contributed by atoms with van der Waals surface area (Å²) in [5, 5.41) is 9.47. The number of methoxy groups -OCH3 is 3. The van der Waals surface area contributed by atoms with Crippen LogP contribution in [0.4, 0.5) is 0 Å². The second-order valence-corrected chi connectivity index (χ2v) is 7.08. The molecule has 0 unspecified atom stereocenters. The van der Waals surface area contributed by atoms with Gasteiger partial charge in [-0.2, -0.15) is 0 Å². The largest absolute Gasteiger partial charge is 0.493 e. The Morgan fingerprint density at radius 1 is 0.929 bits per heavy atom. The van der Waals surface area contributed by atoms with Crippen molar-refractivity contribution in [1.82, 2.24) is 10.9 Å². The first-order valence-electron chi connectivity index (χ1n) is 9.04. The molecule has 2 aliphatic rings. The summed E-state index contributed by atoms with van der Waals surface area (Å²) in [7, 11) is 4.32. The minimum absolute atomic E-state index is 0.0315. The Balaban J connectivity index is 1.70. The van der Waals surface area contributed by atoms with Crippen molar-refractivity contribution in [2.45, 2.75) is 19.3 Å². The third kappa shape index (κ3) is 3.44. The number of ether oxygens (including phenoxy) is 3. The molecule has 4 atom stereocenters. The minimum Gasteiger partial charge on any atom is -0.493 e. The molecule has 9 nitrogen and oxygen atoms in total. The molecule has 0 aliphatic heterocycles. The van der Waals surface area contributed by atoms with Crippen LogP contribution in [0.1, 0.15) is 29.6 Å². The first-order valence-corrected chi connectivity index (χ1v) is 9.04. The van der Waals surface area contributed by atoms with Crippen LogP contribution in [0.2, 0.25) is 0 Å². The average molecular weight is 392 g/mol. The summed E-state index contributed by atoms with van der Waals surface area (Å²) in [5.41, 5.74) is 4.92. The van der Waals surface area contributed by atoms with E-state index < -0.39 is 29.6 Å². The molecule has 1 aromatic carbocycles. The number of carbonyl (C=O) groups excluding carboxylic acids is 2. The van der Waals surface area contributed by atoms with Gasteiger partial charge in [-0.25, -0.2) is 0 Å². The van der Waals surface area contributed by atoms with Gasteiger partial charge < -0.3 is 19.3 Å². The van der Waals surface area contributed by atoms with Gasteiger partial charge in [0.1, 0.15) is 0 Å². The average Bonchev–Trinajstić information content (AvgIpc) is 3.32. The van der Waals surface area contributed by atoms with E-state index in [4.69, 9.17) is 14.2 Å². The van der Waals surface area contributed by atoms with Crippen molar-refractivity contribution in [2.24, 2.45) is 23.7 Å². The zero-order valence-corrected chi connectivity index (χ0v) is 16.0. The zero-order valence-electron chi connectivity index (χ0n) is 16.0. The molecule has 2 saturated carbocycles. The van der Waals surface area contributed by atoms with Crippen molar-refractivity contribution in [1.29, 1.82) is 0 Å². The van der Waals surface area contributed by atoms with Crippen molar-refractivity contribution in [3.63, 3.8) is 0 Å². The molecule has 3 rings (SSSR count). The smallest absolute Gasteiger partial charge is 0.307 e. The third-order valence-electron chi connectivity index (χ3n) is 5.73. The van der Waals surface area contributed by atoms with E-state index in [1.54, 1.807) is 0 Å². The molecular formula is C19H24N2O7. The highest BCUT2D eigenvalue weighted by atomic mass is 16.5. The normalized spacial score (nSPS) is 25.1. The lowest BCUT2D eigenvalue weighted by atomic mass is 9.79. The Bertz CT molecular complexity index is 769. The molecular weight excluding hydrogens is 368 g/mol. The quantitative estimate of drug-likeness (QED) is 0.622. The molecule has 0 radical (unpaired) electrons. The zero-order chi connectivity index (χ0) is 20.4. The van der Waals surface area contributed by atoms with Crippen LogP contribution in [0.25, 0.3) is 0 Å². The van der Waals surface area contributed by atoms with Gasteiger partial charge in [0.25, 0.3) is 5.91 Å².